The standard InChI is InChI=1S/C15H16ClNO/c16-9-14(18)17-15-12-7-3-1-5-10(12)11-6-2-4-8-13(11)15/h1,3,5,7,15H,2,4,6,8-9H2,(H,17,18). The van der Waals surface area contributed by atoms with Gasteiger partial charge in [-0.15, -0.1) is 11.6 Å². The van der Waals surface area contributed by atoms with Gasteiger partial charge in [0.05, 0.1) is 6.04 Å². The van der Waals surface area contributed by atoms with Gasteiger partial charge in [-0.3, -0.25) is 4.79 Å². The van der Waals surface area contributed by atoms with Crippen molar-refractivity contribution in [3.63, 3.8) is 0 Å². The van der Waals surface area contributed by atoms with Crippen molar-refractivity contribution in [2.75, 3.05) is 5.88 Å². The number of allylic oxidation sites excluding steroid dienone is 1. The summed E-state index contributed by atoms with van der Waals surface area (Å²) >= 11 is 5.60. The fraction of sp³-hybridized carbons (Fsp3) is 0.400. The van der Waals surface area contributed by atoms with Gasteiger partial charge in [0.1, 0.15) is 5.88 Å². The Morgan fingerprint density at radius 3 is 2.89 bits per heavy atom. The van der Waals surface area contributed by atoms with Crippen LogP contribution in [0.4, 0.5) is 0 Å². The van der Waals surface area contributed by atoms with Crippen molar-refractivity contribution in [1.29, 1.82) is 0 Å². The first-order chi connectivity index (χ1) is 8.81. The van der Waals surface area contributed by atoms with E-state index in [0.717, 1.165) is 12.8 Å². The van der Waals surface area contributed by atoms with Gasteiger partial charge in [-0.25, -0.2) is 0 Å². The maximum Gasteiger partial charge on any atom is 0.235 e. The number of carbonyl (C=O) groups excluding carboxylic acids is 1. The molecule has 0 saturated carbocycles. The molecule has 3 rings (SSSR count). The molecule has 0 heterocycles. The number of carbonyl (C=O) groups is 1. The van der Waals surface area contributed by atoms with Crippen LogP contribution in [0.5, 0.6) is 0 Å². The summed E-state index contributed by atoms with van der Waals surface area (Å²) in [7, 11) is 0. The SMILES string of the molecule is O=C(CCl)NC1C2=C(CCCC2)c2ccccc21. The van der Waals surface area contributed by atoms with Gasteiger partial charge in [0.15, 0.2) is 0 Å². The summed E-state index contributed by atoms with van der Waals surface area (Å²) < 4.78 is 0. The average Bonchev–Trinajstić information content (AvgIpc) is 2.74. The molecule has 18 heavy (non-hydrogen) atoms. The summed E-state index contributed by atoms with van der Waals surface area (Å²) in [6.45, 7) is 0. The van der Waals surface area contributed by atoms with Crippen LogP contribution in [0.3, 0.4) is 0 Å². The molecule has 1 aromatic carbocycles. The third-order valence-electron chi connectivity index (χ3n) is 3.88. The van der Waals surface area contributed by atoms with Gasteiger partial charge in [-0.1, -0.05) is 24.3 Å². The Kier molecular flexibility index (Phi) is 3.13. The molecule has 2 aliphatic rings. The highest BCUT2D eigenvalue weighted by atomic mass is 35.5. The molecule has 94 valence electrons. The van der Waals surface area contributed by atoms with E-state index in [0.29, 0.717) is 0 Å². The monoisotopic (exact) mass is 261 g/mol. The predicted octanol–water partition coefficient (Wildman–Crippen LogP) is 3.42. The van der Waals surface area contributed by atoms with Crippen LogP contribution in [0, 0.1) is 0 Å². The van der Waals surface area contributed by atoms with Crippen LogP contribution in [-0.2, 0) is 4.79 Å². The third-order valence-corrected chi connectivity index (χ3v) is 4.13. The molecule has 0 aromatic heterocycles. The molecule has 1 atom stereocenters. The lowest BCUT2D eigenvalue weighted by molar-refractivity contribution is -0.119. The zero-order chi connectivity index (χ0) is 12.5. The van der Waals surface area contributed by atoms with E-state index < -0.39 is 0 Å². The first-order valence-corrected chi connectivity index (χ1v) is 7.01. The molecule has 0 bridgehead atoms. The lowest BCUT2D eigenvalue weighted by atomic mass is 9.91. The molecule has 1 amide bonds. The maximum absolute atomic E-state index is 11.6. The molecule has 0 saturated heterocycles. The smallest absolute Gasteiger partial charge is 0.235 e. The summed E-state index contributed by atoms with van der Waals surface area (Å²) in [5.41, 5.74) is 5.42. The van der Waals surface area contributed by atoms with E-state index in [9.17, 15) is 4.79 Å². The van der Waals surface area contributed by atoms with Crippen molar-refractivity contribution in [1.82, 2.24) is 5.32 Å². The molecule has 2 aliphatic carbocycles. The van der Waals surface area contributed by atoms with Crippen molar-refractivity contribution in [2.24, 2.45) is 0 Å². The van der Waals surface area contributed by atoms with Gasteiger partial charge in [0.25, 0.3) is 0 Å². The molecule has 0 spiro atoms. The highest BCUT2D eigenvalue weighted by Crippen LogP contribution is 2.47. The minimum Gasteiger partial charge on any atom is -0.344 e. The Morgan fingerprint density at radius 1 is 1.28 bits per heavy atom. The number of fused-ring (bicyclic) bond motifs is 2. The molecule has 1 N–H and O–H groups in total. The molecule has 0 radical (unpaired) electrons. The molecule has 2 nitrogen and oxygen atoms in total. The van der Waals surface area contributed by atoms with Gasteiger partial charge in [0, 0.05) is 0 Å². The van der Waals surface area contributed by atoms with Crippen LogP contribution >= 0.6 is 11.6 Å². The van der Waals surface area contributed by atoms with E-state index in [-0.39, 0.29) is 17.8 Å². The maximum atomic E-state index is 11.6. The summed E-state index contributed by atoms with van der Waals surface area (Å²) in [6, 6.07) is 8.46. The van der Waals surface area contributed by atoms with Crippen molar-refractivity contribution in [3.8, 4) is 0 Å². The average molecular weight is 262 g/mol. The highest BCUT2D eigenvalue weighted by molar-refractivity contribution is 6.27. The summed E-state index contributed by atoms with van der Waals surface area (Å²) in [5, 5.41) is 3.06. The second-order valence-electron chi connectivity index (χ2n) is 4.93. The van der Waals surface area contributed by atoms with Crippen LogP contribution < -0.4 is 5.32 Å². The number of hydrogen-bond donors (Lipinski definition) is 1. The molecule has 1 unspecified atom stereocenters. The van der Waals surface area contributed by atoms with Gasteiger partial charge in [-0.2, -0.15) is 0 Å². The first kappa shape index (κ1) is 11.8. The van der Waals surface area contributed by atoms with Crippen molar-refractivity contribution in [3.05, 3.63) is 41.0 Å². The lowest BCUT2D eigenvalue weighted by Crippen LogP contribution is -2.29. The second kappa shape index (κ2) is 4.77. The normalized spacial score (nSPS) is 21.5. The molecule has 0 aliphatic heterocycles. The number of nitrogens with one attached hydrogen (secondary N) is 1. The summed E-state index contributed by atoms with van der Waals surface area (Å²) in [4.78, 5) is 11.6. The molecule has 0 fully saturated rings. The highest BCUT2D eigenvalue weighted by Gasteiger charge is 2.32. The fourth-order valence-corrected chi connectivity index (χ4v) is 3.21. The Morgan fingerprint density at radius 2 is 2.06 bits per heavy atom. The quantitative estimate of drug-likeness (QED) is 0.812. The molecule has 1 aromatic rings. The van der Waals surface area contributed by atoms with Gasteiger partial charge < -0.3 is 5.32 Å². The number of alkyl halides is 1. The van der Waals surface area contributed by atoms with Crippen LogP contribution in [0.15, 0.2) is 29.8 Å². The number of halogens is 1. The van der Waals surface area contributed by atoms with E-state index in [1.807, 2.05) is 6.07 Å². The van der Waals surface area contributed by atoms with Crippen molar-refractivity contribution in [2.45, 2.75) is 31.7 Å². The Balaban J connectivity index is 2.01. The van der Waals surface area contributed by atoms with Crippen LogP contribution in [0.1, 0.15) is 42.9 Å². The number of benzene rings is 1. The van der Waals surface area contributed by atoms with Crippen LogP contribution in [0.2, 0.25) is 0 Å². The number of rotatable bonds is 2. The van der Waals surface area contributed by atoms with E-state index in [1.54, 1.807) is 0 Å². The first-order valence-electron chi connectivity index (χ1n) is 6.48. The lowest BCUT2D eigenvalue weighted by Gasteiger charge is -2.20. The molecular weight excluding hydrogens is 246 g/mol. The minimum atomic E-state index is -0.0872. The van der Waals surface area contributed by atoms with E-state index in [1.165, 1.54) is 35.1 Å². The fourth-order valence-electron chi connectivity index (χ4n) is 3.13. The number of amides is 1. The predicted molar refractivity (Wildman–Crippen MR) is 73.4 cm³/mol. The second-order valence-corrected chi connectivity index (χ2v) is 5.20. The van der Waals surface area contributed by atoms with Gasteiger partial charge in [-0.05, 0) is 48.0 Å². The largest absolute Gasteiger partial charge is 0.344 e. The van der Waals surface area contributed by atoms with E-state index in [4.69, 9.17) is 11.6 Å². The van der Waals surface area contributed by atoms with Crippen LogP contribution in [0.25, 0.3) is 5.57 Å². The molecular formula is C15H16ClNO. The zero-order valence-corrected chi connectivity index (χ0v) is 11.0. The topological polar surface area (TPSA) is 29.1 Å². The van der Waals surface area contributed by atoms with Crippen molar-refractivity contribution < 1.29 is 4.79 Å². The molecule has 3 heteroatoms. The van der Waals surface area contributed by atoms with E-state index >= 15 is 0 Å². The zero-order valence-electron chi connectivity index (χ0n) is 10.2. The Labute approximate surface area is 112 Å². The van der Waals surface area contributed by atoms with Gasteiger partial charge in [0.2, 0.25) is 5.91 Å². The Hall–Kier alpha value is -1.28. The van der Waals surface area contributed by atoms with Crippen LogP contribution in [-0.4, -0.2) is 11.8 Å². The van der Waals surface area contributed by atoms with Crippen molar-refractivity contribution >= 4 is 23.1 Å². The van der Waals surface area contributed by atoms with Gasteiger partial charge >= 0.3 is 0 Å². The van der Waals surface area contributed by atoms with E-state index in [2.05, 4.69) is 23.5 Å². The third kappa shape index (κ3) is 1.85. The minimum absolute atomic E-state index is 0.0290. The number of hydrogen-bond acceptors (Lipinski definition) is 1. The summed E-state index contributed by atoms with van der Waals surface area (Å²) in [6.07, 6.45) is 4.71. The summed E-state index contributed by atoms with van der Waals surface area (Å²) in [5.74, 6) is -0.0582. The Bertz CT molecular complexity index is 521.